The molecule has 2 aromatic carbocycles. The molecule has 0 bridgehead atoms. The summed E-state index contributed by atoms with van der Waals surface area (Å²) in [4.78, 5) is 14.9. The van der Waals surface area contributed by atoms with Crippen LogP contribution in [-0.2, 0) is 11.3 Å². The number of hydrogen-bond acceptors (Lipinski definition) is 2. The number of nitrogens with zero attached hydrogens (tertiary/aromatic N) is 3. The predicted octanol–water partition coefficient (Wildman–Crippen LogP) is 4.64. The molecule has 1 atom stereocenters. The van der Waals surface area contributed by atoms with Crippen LogP contribution < -0.4 is 0 Å². The van der Waals surface area contributed by atoms with E-state index in [1.165, 1.54) is 0 Å². The summed E-state index contributed by atoms with van der Waals surface area (Å²) in [6, 6.07) is 20.1. The molecule has 140 valence electrons. The van der Waals surface area contributed by atoms with Gasteiger partial charge in [-0.3, -0.25) is 4.79 Å². The van der Waals surface area contributed by atoms with Crippen LogP contribution in [0, 0.1) is 13.8 Å². The zero-order valence-corrected chi connectivity index (χ0v) is 16.5. The molecule has 0 fully saturated rings. The molecular weight excluding hydrogens is 334 g/mol. The Labute approximate surface area is 161 Å². The van der Waals surface area contributed by atoms with Gasteiger partial charge in [-0.25, -0.2) is 4.68 Å². The van der Waals surface area contributed by atoms with E-state index in [4.69, 9.17) is 5.10 Å². The molecule has 27 heavy (non-hydrogen) atoms. The van der Waals surface area contributed by atoms with Crippen molar-refractivity contribution in [2.24, 2.45) is 0 Å². The van der Waals surface area contributed by atoms with Crippen molar-refractivity contribution in [3.63, 3.8) is 0 Å². The van der Waals surface area contributed by atoms with Gasteiger partial charge >= 0.3 is 0 Å². The SMILES string of the molecule is CC[C@H](C(=O)N(C)Cc1c(C)nn(-c2ccccc2)c1C)c1ccccc1. The molecule has 4 heteroatoms. The van der Waals surface area contributed by atoms with Crippen molar-refractivity contribution in [3.05, 3.63) is 83.2 Å². The second kappa shape index (κ2) is 8.21. The van der Waals surface area contributed by atoms with Crippen LogP contribution in [0.3, 0.4) is 0 Å². The quantitative estimate of drug-likeness (QED) is 0.641. The molecule has 0 saturated carbocycles. The zero-order valence-electron chi connectivity index (χ0n) is 16.5. The molecule has 0 saturated heterocycles. The van der Waals surface area contributed by atoms with Gasteiger partial charge in [0.25, 0.3) is 0 Å². The van der Waals surface area contributed by atoms with Gasteiger partial charge in [-0.1, -0.05) is 55.5 Å². The van der Waals surface area contributed by atoms with Crippen molar-refractivity contribution in [2.45, 2.75) is 39.7 Å². The third-order valence-corrected chi connectivity index (χ3v) is 5.12. The summed E-state index contributed by atoms with van der Waals surface area (Å²) in [5.74, 6) is 0.0379. The number of aryl methyl sites for hydroxylation is 1. The summed E-state index contributed by atoms with van der Waals surface area (Å²) in [5, 5.41) is 4.69. The van der Waals surface area contributed by atoms with Crippen LogP contribution in [0.25, 0.3) is 5.69 Å². The number of benzene rings is 2. The molecule has 3 rings (SSSR count). The Morgan fingerprint density at radius 3 is 2.22 bits per heavy atom. The van der Waals surface area contributed by atoms with Crippen LogP contribution in [0.5, 0.6) is 0 Å². The van der Waals surface area contributed by atoms with Gasteiger partial charge in [-0.2, -0.15) is 5.10 Å². The number of rotatable bonds is 6. The van der Waals surface area contributed by atoms with Crippen molar-refractivity contribution in [3.8, 4) is 5.69 Å². The van der Waals surface area contributed by atoms with Gasteiger partial charge in [-0.15, -0.1) is 0 Å². The number of aromatic nitrogens is 2. The van der Waals surface area contributed by atoms with Crippen molar-refractivity contribution >= 4 is 5.91 Å². The maximum atomic E-state index is 13.1. The molecule has 1 aromatic heterocycles. The monoisotopic (exact) mass is 361 g/mol. The Morgan fingerprint density at radius 2 is 1.63 bits per heavy atom. The number of amides is 1. The van der Waals surface area contributed by atoms with Crippen LogP contribution >= 0.6 is 0 Å². The van der Waals surface area contributed by atoms with Gasteiger partial charge in [0.15, 0.2) is 0 Å². The highest BCUT2D eigenvalue weighted by Crippen LogP contribution is 2.24. The maximum absolute atomic E-state index is 13.1. The minimum atomic E-state index is -0.110. The zero-order chi connectivity index (χ0) is 19.4. The number of carbonyl (C=O) groups is 1. The number of carbonyl (C=O) groups excluding carboxylic acids is 1. The van der Waals surface area contributed by atoms with E-state index < -0.39 is 0 Å². The first-order chi connectivity index (χ1) is 13.0. The molecule has 0 unspecified atom stereocenters. The van der Waals surface area contributed by atoms with Crippen LogP contribution in [0.4, 0.5) is 0 Å². The van der Waals surface area contributed by atoms with E-state index in [0.29, 0.717) is 6.54 Å². The summed E-state index contributed by atoms with van der Waals surface area (Å²) in [7, 11) is 1.88. The molecule has 0 radical (unpaired) electrons. The molecule has 0 aliphatic carbocycles. The Balaban J connectivity index is 1.83. The highest BCUT2D eigenvalue weighted by atomic mass is 16.2. The Hall–Kier alpha value is -2.88. The molecule has 3 aromatic rings. The maximum Gasteiger partial charge on any atom is 0.230 e. The van der Waals surface area contributed by atoms with Crippen LogP contribution in [0.1, 0.15) is 41.8 Å². The van der Waals surface area contributed by atoms with Gasteiger partial charge < -0.3 is 4.90 Å². The van der Waals surface area contributed by atoms with E-state index in [-0.39, 0.29) is 11.8 Å². The fraction of sp³-hybridized carbons (Fsp3) is 0.304. The standard InChI is InChI=1S/C23H27N3O/c1-5-21(19-12-8-6-9-13-19)23(27)25(4)16-22-17(2)24-26(18(22)3)20-14-10-7-11-15-20/h6-15,21H,5,16H2,1-4H3/t21-/m0/s1. The van der Waals surface area contributed by atoms with Crippen molar-refractivity contribution in [2.75, 3.05) is 7.05 Å². The van der Waals surface area contributed by atoms with Gasteiger partial charge in [0.2, 0.25) is 5.91 Å². The van der Waals surface area contributed by atoms with Crippen LogP contribution in [-0.4, -0.2) is 27.6 Å². The number of para-hydroxylation sites is 1. The van der Waals surface area contributed by atoms with Gasteiger partial charge in [0, 0.05) is 24.8 Å². The smallest absolute Gasteiger partial charge is 0.230 e. The fourth-order valence-electron chi connectivity index (χ4n) is 3.54. The number of hydrogen-bond donors (Lipinski definition) is 0. The number of likely N-dealkylation sites (N-methyl/N-ethyl adjacent to an activating group) is 1. The lowest BCUT2D eigenvalue weighted by atomic mass is 9.95. The minimum Gasteiger partial charge on any atom is -0.341 e. The van der Waals surface area contributed by atoms with E-state index in [1.807, 2.05) is 84.2 Å². The lowest BCUT2D eigenvalue weighted by Crippen LogP contribution is -2.31. The van der Waals surface area contributed by atoms with Gasteiger partial charge in [0.05, 0.1) is 17.3 Å². The van der Waals surface area contributed by atoms with Crippen molar-refractivity contribution < 1.29 is 4.79 Å². The minimum absolute atomic E-state index is 0.110. The van der Waals surface area contributed by atoms with E-state index in [2.05, 4.69) is 13.8 Å². The summed E-state index contributed by atoms with van der Waals surface area (Å²) >= 11 is 0. The van der Waals surface area contributed by atoms with E-state index >= 15 is 0 Å². The predicted molar refractivity (Wildman–Crippen MR) is 109 cm³/mol. The van der Waals surface area contributed by atoms with Gasteiger partial charge in [-0.05, 0) is 38.0 Å². The summed E-state index contributed by atoms with van der Waals surface area (Å²) in [6.45, 7) is 6.70. The second-order valence-electron chi connectivity index (χ2n) is 6.96. The molecule has 0 aliphatic rings. The summed E-state index contributed by atoms with van der Waals surface area (Å²) in [5.41, 5.74) is 5.26. The van der Waals surface area contributed by atoms with Crippen molar-refractivity contribution in [1.29, 1.82) is 0 Å². The lowest BCUT2D eigenvalue weighted by molar-refractivity contribution is -0.132. The first kappa shape index (κ1) is 18.9. The lowest BCUT2D eigenvalue weighted by Gasteiger charge is -2.23. The topological polar surface area (TPSA) is 38.1 Å². The van der Waals surface area contributed by atoms with Crippen molar-refractivity contribution in [1.82, 2.24) is 14.7 Å². The average molecular weight is 361 g/mol. The summed E-state index contributed by atoms with van der Waals surface area (Å²) in [6.07, 6.45) is 0.786. The molecule has 0 aliphatic heterocycles. The Bertz CT molecular complexity index is 900. The molecule has 0 spiro atoms. The Kier molecular flexibility index (Phi) is 5.75. The average Bonchev–Trinajstić information content (AvgIpc) is 2.98. The molecule has 4 nitrogen and oxygen atoms in total. The van der Waals surface area contributed by atoms with E-state index in [0.717, 1.165) is 34.6 Å². The fourth-order valence-corrected chi connectivity index (χ4v) is 3.54. The first-order valence-corrected chi connectivity index (χ1v) is 9.43. The third-order valence-electron chi connectivity index (χ3n) is 5.12. The third kappa shape index (κ3) is 3.95. The molecule has 1 amide bonds. The molecule has 1 heterocycles. The highest BCUT2D eigenvalue weighted by Gasteiger charge is 2.24. The summed E-state index contributed by atoms with van der Waals surface area (Å²) < 4.78 is 1.96. The highest BCUT2D eigenvalue weighted by molar-refractivity contribution is 5.83. The first-order valence-electron chi connectivity index (χ1n) is 9.43. The van der Waals surface area contributed by atoms with Crippen LogP contribution in [0.2, 0.25) is 0 Å². The molecular formula is C23H27N3O. The van der Waals surface area contributed by atoms with Gasteiger partial charge in [0.1, 0.15) is 0 Å². The normalized spacial score (nSPS) is 12.0. The Morgan fingerprint density at radius 1 is 1.04 bits per heavy atom. The second-order valence-corrected chi connectivity index (χ2v) is 6.96. The van der Waals surface area contributed by atoms with E-state index in [1.54, 1.807) is 0 Å². The molecule has 0 N–H and O–H groups in total. The largest absolute Gasteiger partial charge is 0.341 e. The van der Waals surface area contributed by atoms with Crippen LogP contribution in [0.15, 0.2) is 60.7 Å². The van der Waals surface area contributed by atoms with E-state index in [9.17, 15) is 4.79 Å².